The summed E-state index contributed by atoms with van der Waals surface area (Å²) in [5, 5.41) is 19.7. The molecule has 7 nitrogen and oxygen atoms in total. The van der Waals surface area contributed by atoms with Gasteiger partial charge in [-0.3, -0.25) is 14.4 Å². The Hall–Kier alpha value is -2.31. The van der Waals surface area contributed by atoms with Crippen LogP contribution in [0.5, 0.6) is 0 Å². The van der Waals surface area contributed by atoms with Gasteiger partial charge in [0, 0.05) is 6.54 Å². The molecule has 0 aliphatic heterocycles. The first-order valence-electron chi connectivity index (χ1n) is 5.71. The minimum atomic E-state index is -1.04. The Morgan fingerprint density at radius 2 is 2.00 bits per heavy atom. The van der Waals surface area contributed by atoms with E-state index in [9.17, 15) is 14.4 Å². The monoisotopic (exact) mass is 269 g/mol. The second-order valence-corrected chi connectivity index (χ2v) is 4.12. The largest absolute Gasteiger partial charge is 0.481 e. The number of aliphatic carboxylic acids is 2. The Balaban J connectivity index is 2.43. The van der Waals surface area contributed by atoms with Crippen LogP contribution in [0, 0.1) is 5.92 Å². The van der Waals surface area contributed by atoms with Crippen molar-refractivity contribution in [1.29, 1.82) is 0 Å². The van der Waals surface area contributed by atoms with Gasteiger partial charge in [-0.25, -0.2) is 0 Å². The lowest BCUT2D eigenvalue weighted by Gasteiger charge is -2.06. The molecule has 0 saturated heterocycles. The molecule has 1 amide bonds. The van der Waals surface area contributed by atoms with Crippen molar-refractivity contribution < 1.29 is 29.0 Å². The zero-order valence-electron chi connectivity index (χ0n) is 10.4. The zero-order valence-corrected chi connectivity index (χ0v) is 10.4. The number of hydrogen-bond donors (Lipinski definition) is 3. The van der Waals surface area contributed by atoms with E-state index in [1.54, 1.807) is 6.92 Å². The van der Waals surface area contributed by atoms with Gasteiger partial charge in [0.05, 0.1) is 5.92 Å². The van der Waals surface area contributed by atoms with Gasteiger partial charge in [0.25, 0.3) is 5.91 Å². The fraction of sp³-hybridized carbons (Fsp3) is 0.417. The number of hydrogen-bond acceptors (Lipinski definition) is 4. The van der Waals surface area contributed by atoms with Crippen molar-refractivity contribution >= 4 is 17.8 Å². The van der Waals surface area contributed by atoms with Crippen LogP contribution in [-0.2, 0) is 16.0 Å². The quantitative estimate of drug-likeness (QED) is 0.672. The summed E-state index contributed by atoms with van der Waals surface area (Å²) in [6.45, 7) is 1.76. The molecule has 19 heavy (non-hydrogen) atoms. The van der Waals surface area contributed by atoms with Crippen LogP contribution in [0.15, 0.2) is 16.5 Å². The topological polar surface area (TPSA) is 117 Å². The predicted octanol–water partition coefficient (Wildman–Crippen LogP) is 0.747. The molecule has 1 aromatic rings. The Bertz CT molecular complexity index is 478. The maximum absolute atomic E-state index is 11.6. The van der Waals surface area contributed by atoms with Crippen LogP contribution in [0.4, 0.5) is 0 Å². The van der Waals surface area contributed by atoms with Crippen molar-refractivity contribution in [1.82, 2.24) is 5.32 Å². The minimum Gasteiger partial charge on any atom is -0.481 e. The third kappa shape index (κ3) is 4.82. The molecule has 7 heteroatoms. The Morgan fingerprint density at radius 3 is 2.58 bits per heavy atom. The summed E-state index contributed by atoms with van der Waals surface area (Å²) in [6.07, 6.45) is 0.0209. The van der Waals surface area contributed by atoms with Crippen LogP contribution in [0.2, 0.25) is 0 Å². The highest BCUT2D eigenvalue weighted by atomic mass is 16.4. The summed E-state index contributed by atoms with van der Waals surface area (Å²) < 4.78 is 5.05. The standard InChI is InChI=1S/C12H15NO6/c1-7(12(17)18)4-5-13-11(16)9-3-2-8(19-9)6-10(14)15/h2-3,7H,4-6H2,1H3,(H,13,16)(H,14,15)(H,17,18)/t7-/m1/s1. The first-order valence-corrected chi connectivity index (χ1v) is 5.71. The summed E-state index contributed by atoms with van der Waals surface area (Å²) >= 11 is 0. The van der Waals surface area contributed by atoms with Gasteiger partial charge in [-0.2, -0.15) is 0 Å². The van der Waals surface area contributed by atoms with E-state index in [0.717, 1.165) is 0 Å². The molecule has 0 radical (unpaired) electrons. The maximum Gasteiger partial charge on any atom is 0.311 e. The lowest BCUT2D eigenvalue weighted by Crippen LogP contribution is -2.26. The number of carboxylic acids is 2. The van der Waals surface area contributed by atoms with E-state index < -0.39 is 23.8 Å². The van der Waals surface area contributed by atoms with Crippen molar-refractivity contribution in [3.05, 3.63) is 23.7 Å². The van der Waals surface area contributed by atoms with Gasteiger partial charge in [-0.15, -0.1) is 0 Å². The molecule has 0 saturated carbocycles. The summed E-state index contributed by atoms with van der Waals surface area (Å²) in [5.41, 5.74) is 0. The molecule has 0 aliphatic carbocycles. The number of carbonyl (C=O) groups is 3. The summed E-state index contributed by atoms with van der Waals surface area (Å²) in [6, 6.07) is 2.80. The molecule has 1 rings (SSSR count). The molecule has 0 aliphatic rings. The van der Waals surface area contributed by atoms with E-state index in [1.165, 1.54) is 12.1 Å². The summed E-state index contributed by atoms with van der Waals surface area (Å²) in [5.74, 6) is -2.79. The van der Waals surface area contributed by atoms with Crippen molar-refractivity contribution in [2.75, 3.05) is 6.54 Å². The SMILES string of the molecule is C[C@H](CCNC(=O)c1ccc(CC(=O)O)o1)C(=O)O. The van der Waals surface area contributed by atoms with E-state index in [-0.39, 0.29) is 24.5 Å². The van der Waals surface area contributed by atoms with E-state index >= 15 is 0 Å². The van der Waals surface area contributed by atoms with Crippen LogP contribution in [0.3, 0.4) is 0 Å². The lowest BCUT2D eigenvalue weighted by molar-refractivity contribution is -0.141. The average molecular weight is 269 g/mol. The third-order valence-corrected chi connectivity index (χ3v) is 2.50. The predicted molar refractivity (Wildman–Crippen MR) is 63.8 cm³/mol. The second kappa shape index (κ2) is 6.58. The highest BCUT2D eigenvalue weighted by molar-refractivity contribution is 5.91. The van der Waals surface area contributed by atoms with Crippen molar-refractivity contribution in [2.24, 2.45) is 5.92 Å². The molecule has 0 fully saturated rings. The molecule has 0 aromatic carbocycles. The molecule has 3 N–H and O–H groups in total. The highest BCUT2D eigenvalue weighted by Crippen LogP contribution is 2.09. The third-order valence-electron chi connectivity index (χ3n) is 2.50. The Morgan fingerprint density at radius 1 is 1.32 bits per heavy atom. The van der Waals surface area contributed by atoms with Crippen molar-refractivity contribution in [3.63, 3.8) is 0 Å². The molecule has 0 spiro atoms. The van der Waals surface area contributed by atoms with E-state index in [1.807, 2.05) is 0 Å². The Kier molecular flexibility index (Phi) is 5.11. The van der Waals surface area contributed by atoms with Gasteiger partial charge in [-0.05, 0) is 18.6 Å². The number of furan rings is 1. The minimum absolute atomic E-state index is 0.0132. The molecule has 1 aromatic heterocycles. The van der Waals surface area contributed by atoms with Gasteiger partial charge < -0.3 is 19.9 Å². The zero-order chi connectivity index (χ0) is 14.4. The van der Waals surface area contributed by atoms with Gasteiger partial charge >= 0.3 is 11.9 Å². The van der Waals surface area contributed by atoms with Crippen LogP contribution in [0.25, 0.3) is 0 Å². The molecule has 1 atom stereocenters. The van der Waals surface area contributed by atoms with Crippen LogP contribution >= 0.6 is 0 Å². The molecule has 0 unspecified atom stereocenters. The molecular weight excluding hydrogens is 254 g/mol. The van der Waals surface area contributed by atoms with Crippen molar-refractivity contribution in [2.45, 2.75) is 19.8 Å². The fourth-order valence-electron chi connectivity index (χ4n) is 1.36. The van der Waals surface area contributed by atoms with Gasteiger partial charge in [-0.1, -0.05) is 6.92 Å². The number of rotatable bonds is 7. The number of carboxylic acid groups (broad SMARTS) is 2. The molecule has 0 bridgehead atoms. The van der Waals surface area contributed by atoms with Crippen LogP contribution in [-0.4, -0.2) is 34.6 Å². The van der Waals surface area contributed by atoms with Gasteiger partial charge in [0.2, 0.25) is 0 Å². The first kappa shape index (κ1) is 14.7. The smallest absolute Gasteiger partial charge is 0.311 e. The first-order chi connectivity index (χ1) is 8.90. The van der Waals surface area contributed by atoms with E-state index in [2.05, 4.69) is 5.32 Å². The van der Waals surface area contributed by atoms with Crippen molar-refractivity contribution in [3.8, 4) is 0 Å². The van der Waals surface area contributed by atoms with Gasteiger partial charge in [0.1, 0.15) is 12.2 Å². The normalized spacial score (nSPS) is 11.8. The van der Waals surface area contributed by atoms with Gasteiger partial charge in [0.15, 0.2) is 5.76 Å². The highest BCUT2D eigenvalue weighted by Gasteiger charge is 2.14. The fourth-order valence-corrected chi connectivity index (χ4v) is 1.36. The number of carbonyl (C=O) groups excluding carboxylic acids is 1. The molecular formula is C12H15NO6. The lowest BCUT2D eigenvalue weighted by atomic mass is 10.1. The average Bonchev–Trinajstić information content (AvgIpc) is 2.76. The molecule has 1 heterocycles. The van der Waals surface area contributed by atoms with E-state index in [0.29, 0.717) is 6.42 Å². The van der Waals surface area contributed by atoms with Crippen LogP contribution in [0.1, 0.15) is 29.7 Å². The number of amides is 1. The number of nitrogens with one attached hydrogen (secondary N) is 1. The van der Waals surface area contributed by atoms with Crippen LogP contribution < -0.4 is 5.32 Å². The van der Waals surface area contributed by atoms with E-state index in [4.69, 9.17) is 14.6 Å². The summed E-state index contributed by atoms with van der Waals surface area (Å²) in [4.78, 5) is 32.6. The second-order valence-electron chi connectivity index (χ2n) is 4.12. The summed E-state index contributed by atoms with van der Waals surface area (Å²) in [7, 11) is 0. The Labute approximate surface area is 109 Å². The molecule has 104 valence electrons. The maximum atomic E-state index is 11.6.